The van der Waals surface area contributed by atoms with E-state index >= 15 is 0 Å². The zero-order valence-electron chi connectivity index (χ0n) is 9.61. The molecule has 0 bridgehead atoms. The first-order valence-electron chi connectivity index (χ1n) is 5.48. The van der Waals surface area contributed by atoms with Crippen LogP contribution in [0.2, 0.25) is 5.02 Å². The van der Waals surface area contributed by atoms with Gasteiger partial charge in [0.1, 0.15) is 0 Å². The lowest BCUT2D eigenvalue weighted by Gasteiger charge is -2.03. The van der Waals surface area contributed by atoms with Gasteiger partial charge in [0.2, 0.25) is 5.89 Å². The smallest absolute Gasteiger partial charge is 0.227 e. The van der Waals surface area contributed by atoms with E-state index in [1.54, 1.807) is 0 Å². The van der Waals surface area contributed by atoms with Gasteiger partial charge in [-0.05, 0) is 24.6 Å². The first-order chi connectivity index (χ1) is 8.24. The van der Waals surface area contributed by atoms with Gasteiger partial charge in [-0.1, -0.05) is 28.9 Å². The molecular weight excluding hydrogens is 238 g/mol. The Morgan fingerprint density at radius 1 is 1.41 bits per heavy atom. The summed E-state index contributed by atoms with van der Waals surface area (Å²) in [6.45, 7) is 3.40. The lowest BCUT2D eigenvalue weighted by atomic mass is 10.2. The van der Waals surface area contributed by atoms with E-state index in [9.17, 15) is 0 Å². The Morgan fingerprint density at radius 2 is 2.29 bits per heavy atom. The van der Waals surface area contributed by atoms with E-state index in [-0.39, 0.29) is 0 Å². The summed E-state index contributed by atoms with van der Waals surface area (Å²) in [4.78, 5) is 4.13. The third-order valence-electron chi connectivity index (χ3n) is 2.30. The molecule has 2 rings (SSSR count). The second kappa shape index (κ2) is 5.80. The van der Waals surface area contributed by atoms with Crippen molar-refractivity contribution in [1.82, 2.24) is 15.5 Å². The molecule has 1 aromatic carbocycles. The quantitative estimate of drug-likeness (QED) is 0.829. The van der Waals surface area contributed by atoms with Crippen LogP contribution in [-0.2, 0) is 13.0 Å². The van der Waals surface area contributed by atoms with Gasteiger partial charge in [0.15, 0.2) is 5.82 Å². The topological polar surface area (TPSA) is 51.0 Å². The summed E-state index contributed by atoms with van der Waals surface area (Å²) in [6.07, 6.45) is 0.738. The van der Waals surface area contributed by atoms with Crippen LogP contribution < -0.4 is 5.32 Å². The van der Waals surface area contributed by atoms with Crippen molar-refractivity contribution in [1.29, 1.82) is 0 Å². The number of hydrogen-bond donors (Lipinski definition) is 1. The highest BCUT2D eigenvalue weighted by atomic mass is 35.5. The van der Waals surface area contributed by atoms with Crippen LogP contribution in [0.1, 0.15) is 17.3 Å². The van der Waals surface area contributed by atoms with Crippen molar-refractivity contribution in [2.24, 2.45) is 0 Å². The molecule has 0 aliphatic rings. The fourth-order valence-corrected chi connectivity index (χ4v) is 1.73. The van der Waals surface area contributed by atoms with E-state index in [4.69, 9.17) is 16.1 Å². The third kappa shape index (κ3) is 3.84. The minimum absolute atomic E-state index is 0.668. The average molecular weight is 252 g/mol. The molecule has 1 aromatic heterocycles. The van der Waals surface area contributed by atoms with Gasteiger partial charge in [-0.15, -0.1) is 0 Å². The van der Waals surface area contributed by atoms with Crippen LogP contribution in [0.15, 0.2) is 28.8 Å². The SMILES string of the molecule is Cc1noc(CCNCc2cccc(Cl)c2)n1. The predicted molar refractivity (Wildman–Crippen MR) is 65.9 cm³/mol. The molecule has 0 unspecified atom stereocenters. The van der Waals surface area contributed by atoms with Gasteiger partial charge >= 0.3 is 0 Å². The van der Waals surface area contributed by atoms with Gasteiger partial charge < -0.3 is 9.84 Å². The van der Waals surface area contributed by atoms with E-state index in [2.05, 4.69) is 15.5 Å². The summed E-state index contributed by atoms with van der Waals surface area (Å²) in [5, 5.41) is 7.79. The van der Waals surface area contributed by atoms with Gasteiger partial charge in [-0.2, -0.15) is 4.98 Å². The molecule has 17 heavy (non-hydrogen) atoms. The monoisotopic (exact) mass is 251 g/mol. The van der Waals surface area contributed by atoms with Crippen LogP contribution in [0.3, 0.4) is 0 Å². The Balaban J connectivity index is 1.73. The van der Waals surface area contributed by atoms with Crippen LogP contribution in [-0.4, -0.2) is 16.7 Å². The van der Waals surface area contributed by atoms with Crippen molar-refractivity contribution in [3.05, 3.63) is 46.6 Å². The van der Waals surface area contributed by atoms with Gasteiger partial charge in [-0.3, -0.25) is 0 Å². The molecule has 0 aliphatic carbocycles. The largest absolute Gasteiger partial charge is 0.339 e. The van der Waals surface area contributed by atoms with E-state index in [1.165, 1.54) is 5.56 Å². The Kier molecular flexibility index (Phi) is 4.12. The molecule has 0 saturated carbocycles. The molecule has 4 nitrogen and oxygen atoms in total. The molecule has 5 heteroatoms. The van der Waals surface area contributed by atoms with Crippen molar-refractivity contribution in [3.63, 3.8) is 0 Å². The molecule has 0 fully saturated rings. The van der Waals surface area contributed by atoms with Crippen molar-refractivity contribution < 1.29 is 4.52 Å². The zero-order valence-corrected chi connectivity index (χ0v) is 10.4. The number of rotatable bonds is 5. The Morgan fingerprint density at radius 3 is 3.00 bits per heavy atom. The lowest BCUT2D eigenvalue weighted by Crippen LogP contribution is -2.16. The Hall–Kier alpha value is -1.39. The second-order valence-electron chi connectivity index (χ2n) is 3.79. The van der Waals surface area contributed by atoms with Gasteiger partial charge in [-0.25, -0.2) is 0 Å². The maximum atomic E-state index is 5.90. The zero-order chi connectivity index (χ0) is 12.1. The fourth-order valence-electron chi connectivity index (χ4n) is 1.52. The van der Waals surface area contributed by atoms with Crippen molar-refractivity contribution in [3.8, 4) is 0 Å². The number of aryl methyl sites for hydroxylation is 1. The Bertz CT molecular complexity index is 484. The van der Waals surface area contributed by atoms with Crippen LogP contribution in [0.5, 0.6) is 0 Å². The summed E-state index contributed by atoms with van der Waals surface area (Å²) < 4.78 is 5.01. The molecule has 0 aliphatic heterocycles. The lowest BCUT2D eigenvalue weighted by molar-refractivity contribution is 0.372. The van der Waals surface area contributed by atoms with Crippen LogP contribution in [0, 0.1) is 6.92 Å². The number of aromatic nitrogens is 2. The Labute approximate surface area is 105 Å². The normalized spacial score (nSPS) is 10.7. The molecule has 0 saturated heterocycles. The predicted octanol–water partition coefficient (Wildman–Crippen LogP) is 2.36. The second-order valence-corrected chi connectivity index (χ2v) is 4.23. The number of halogens is 1. The minimum Gasteiger partial charge on any atom is -0.339 e. The molecular formula is C12H14ClN3O. The van der Waals surface area contributed by atoms with Crippen LogP contribution in [0.25, 0.3) is 0 Å². The number of benzene rings is 1. The summed E-state index contributed by atoms with van der Waals surface area (Å²) in [5.41, 5.74) is 1.17. The minimum atomic E-state index is 0.668. The van der Waals surface area contributed by atoms with Crippen molar-refractivity contribution in [2.75, 3.05) is 6.54 Å². The summed E-state index contributed by atoms with van der Waals surface area (Å²) in [6, 6.07) is 7.80. The molecule has 2 aromatic rings. The first kappa shape index (κ1) is 12.1. The molecule has 0 spiro atoms. The molecule has 1 N–H and O–H groups in total. The van der Waals surface area contributed by atoms with E-state index < -0.39 is 0 Å². The van der Waals surface area contributed by atoms with Gasteiger partial charge in [0.05, 0.1) is 0 Å². The van der Waals surface area contributed by atoms with E-state index in [1.807, 2.05) is 31.2 Å². The van der Waals surface area contributed by atoms with Gasteiger partial charge in [0, 0.05) is 24.5 Å². The van der Waals surface area contributed by atoms with Crippen molar-refractivity contribution in [2.45, 2.75) is 19.9 Å². The highest BCUT2D eigenvalue weighted by Gasteiger charge is 2.01. The highest BCUT2D eigenvalue weighted by molar-refractivity contribution is 6.30. The molecule has 90 valence electrons. The highest BCUT2D eigenvalue weighted by Crippen LogP contribution is 2.10. The number of hydrogen-bond acceptors (Lipinski definition) is 4. The first-order valence-corrected chi connectivity index (χ1v) is 5.86. The average Bonchev–Trinajstić information content (AvgIpc) is 2.71. The standard InChI is InChI=1S/C12H14ClN3O/c1-9-15-12(17-16-9)5-6-14-8-10-3-2-4-11(13)7-10/h2-4,7,14H,5-6,8H2,1H3. The van der Waals surface area contributed by atoms with E-state index in [0.717, 1.165) is 24.5 Å². The third-order valence-corrected chi connectivity index (χ3v) is 2.54. The maximum Gasteiger partial charge on any atom is 0.227 e. The number of nitrogens with one attached hydrogen (secondary N) is 1. The maximum absolute atomic E-state index is 5.90. The van der Waals surface area contributed by atoms with Crippen LogP contribution in [0.4, 0.5) is 0 Å². The van der Waals surface area contributed by atoms with Crippen LogP contribution >= 0.6 is 11.6 Å². The number of nitrogens with zero attached hydrogens (tertiary/aromatic N) is 2. The molecule has 0 atom stereocenters. The summed E-state index contributed by atoms with van der Waals surface area (Å²) in [7, 11) is 0. The van der Waals surface area contributed by atoms with Crippen molar-refractivity contribution >= 4 is 11.6 Å². The molecule has 1 heterocycles. The van der Waals surface area contributed by atoms with E-state index in [0.29, 0.717) is 11.7 Å². The summed E-state index contributed by atoms with van der Waals surface area (Å²) in [5.74, 6) is 1.34. The molecule has 0 radical (unpaired) electrons. The van der Waals surface area contributed by atoms with Gasteiger partial charge in [0.25, 0.3) is 0 Å². The summed E-state index contributed by atoms with van der Waals surface area (Å²) >= 11 is 5.90. The fraction of sp³-hybridized carbons (Fsp3) is 0.333. The molecule has 0 amide bonds.